The number of nitrogens with zero attached hydrogens (tertiary/aromatic N) is 1. The fourth-order valence-electron chi connectivity index (χ4n) is 3.28. The molecule has 1 aromatic rings. The largest absolute Gasteiger partial charge is 0.393 e. The van der Waals surface area contributed by atoms with Gasteiger partial charge in [-0.25, -0.2) is 4.79 Å². The number of rotatable bonds is 7. The predicted octanol–water partition coefficient (Wildman–Crippen LogP) is 2.01. The van der Waals surface area contributed by atoms with Crippen LogP contribution < -0.4 is 10.6 Å². The van der Waals surface area contributed by atoms with Gasteiger partial charge in [-0.3, -0.25) is 0 Å². The first-order chi connectivity index (χ1) is 11.5. The van der Waals surface area contributed by atoms with Crippen molar-refractivity contribution in [3.05, 3.63) is 35.9 Å². The molecule has 1 aliphatic carbocycles. The van der Waals surface area contributed by atoms with E-state index in [2.05, 4.69) is 27.7 Å². The first-order valence-electron chi connectivity index (χ1n) is 8.94. The van der Waals surface area contributed by atoms with Crippen LogP contribution in [0, 0.1) is 5.92 Å². The number of hydrogen-bond acceptors (Lipinski definition) is 3. The molecule has 2 rings (SSSR count). The van der Waals surface area contributed by atoms with Crippen molar-refractivity contribution in [1.82, 2.24) is 15.5 Å². The van der Waals surface area contributed by atoms with Crippen LogP contribution in [0.3, 0.4) is 0 Å². The molecule has 3 N–H and O–H groups in total. The van der Waals surface area contributed by atoms with Crippen LogP contribution in [0.1, 0.15) is 31.2 Å². The topological polar surface area (TPSA) is 64.6 Å². The molecule has 0 saturated heterocycles. The first kappa shape index (κ1) is 18.7. The highest BCUT2D eigenvalue weighted by Gasteiger charge is 2.20. The molecule has 3 atom stereocenters. The van der Waals surface area contributed by atoms with E-state index in [9.17, 15) is 9.90 Å². The monoisotopic (exact) mass is 333 g/mol. The van der Waals surface area contributed by atoms with Crippen LogP contribution in [0.15, 0.2) is 30.3 Å². The van der Waals surface area contributed by atoms with E-state index in [0.29, 0.717) is 19.0 Å². The molecule has 1 aromatic carbocycles. The zero-order valence-electron chi connectivity index (χ0n) is 14.9. The molecule has 5 heteroatoms. The van der Waals surface area contributed by atoms with E-state index < -0.39 is 0 Å². The van der Waals surface area contributed by atoms with Crippen LogP contribution in [0.5, 0.6) is 0 Å². The van der Waals surface area contributed by atoms with Crippen LogP contribution in [0.4, 0.5) is 4.79 Å². The summed E-state index contributed by atoms with van der Waals surface area (Å²) in [6, 6.07) is 10.5. The molecule has 24 heavy (non-hydrogen) atoms. The van der Waals surface area contributed by atoms with Gasteiger partial charge < -0.3 is 20.6 Å². The first-order valence-corrected chi connectivity index (χ1v) is 8.94. The van der Waals surface area contributed by atoms with Crippen molar-refractivity contribution in [2.24, 2.45) is 5.92 Å². The maximum Gasteiger partial charge on any atom is 0.314 e. The lowest BCUT2D eigenvalue weighted by Gasteiger charge is -2.27. The summed E-state index contributed by atoms with van der Waals surface area (Å²) in [4.78, 5) is 14.2. The second-order valence-electron chi connectivity index (χ2n) is 7.08. The number of urea groups is 1. The van der Waals surface area contributed by atoms with E-state index in [-0.39, 0.29) is 18.2 Å². The van der Waals surface area contributed by atoms with Crippen molar-refractivity contribution in [3.8, 4) is 0 Å². The Bertz CT molecular complexity index is 493. The summed E-state index contributed by atoms with van der Waals surface area (Å²) in [6.45, 7) is 1.26. The van der Waals surface area contributed by atoms with Crippen molar-refractivity contribution < 1.29 is 9.90 Å². The summed E-state index contributed by atoms with van der Waals surface area (Å²) >= 11 is 0. The third-order valence-electron chi connectivity index (χ3n) is 4.85. The van der Waals surface area contributed by atoms with Gasteiger partial charge in [0.15, 0.2) is 0 Å². The van der Waals surface area contributed by atoms with Gasteiger partial charge in [-0.15, -0.1) is 0 Å². The lowest BCUT2D eigenvalue weighted by atomic mass is 9.87. The Labute approximate surface area is 145 Å². The second-order valence-corrected chi connectivity index (χ2v) is 7.08. The van der Waals surface area contributed by atoms with Crippen molar-refractivity contribution in [2.45, 2.75) is 44.2 Å². The molecule has 0 aliphatic heterocycles. The molecule has 2 amide bonds. The number of nitrogens with one attached hydrogen (secondary N) is 2. The van der Waals surface area contributed by atoms with Crippen molar-refractivity contribution >= 4 is 6.03 Å². The van der Waals surface area contributed by atoms with Crippen molar-refractivity contribution in [2.75, 3.05) is 27.2 Å². The zero-order chi connectivity index (χ0) is 17.4. The Balaban J connectivity index is 1.71. The minimum Gasteiger partial charge on any atom is -0.393 e. The lowest BCUT2D eigenvalue weighted by molar-refractivity contribution is 0.101. The maximum absolute atomic E-state index is 12.0. The van der Waals surface area contributed by atoms with Gasteiger partial charge in [-0.1, -0.05) is 36.8 Å². The molecular weight excluding hydrogens is 302 g/mol. The third-order valence-corrected chi connectivity index (χ3v) is 4.85. The Morgan fingerprint density at radius 2 is 2.00 bits per heavy atom. The number of aliphatic hydroxyl groups excluding tert-OH is 1. The Morgan fingerprint density at radius 1 is 1.25 bits per heavy atom. The van der Waals surface area contributed by atoms with Gasteiger partial charge in [0.05, 0.1) is 6.10 Å². The summed E-state index contributed by atoms with van der Waals surface area (Å²) in [5.41, 5.74) is 1.27. The molecular formula is C19H31N3O2. The number of carbonyl (C=O) groups excluding carboxylic acids is 1. The van der Waals surface area contributed by atoms with E-state index in [0.717, 1.165) is 32.1 Å². The summed E-state index contributed by atoms with van der Waals surface area (Å²) in [6.07, 6.45) is 4.54. The van der Waals surface area contributed by atoms with Crippen LogP contribution >= 0.6 is 0 Å². The standard InChI is InChI=1S/C19H31N3O2/c1-22(2)17(11-15-7-4-3-5-8-15)14-21-19(24)20-13-16-9-6-10-18(23)12-16/h3-5,7-8,16-18,23H,6,9-14H2,1-2H3,(H2,20,21,24). The number of amides is 2. The predicted molar refractivity (Wildman–Crippen MR) is 97.0 cm³/mol. The van der Waals surface area contributed by atoms with E-state index in [1.54, 1.807) is 0 Å². The highest BCUT2D eigenvalue weighted by molar-refractivity contribution is 5.73. The van der Waals surface area contributed by atoms with Gasteiger partial charge in [-0.2, -0.15) is 0 Å². The van der Waals surface area contributed by atoms with Crippen molar-refractivity contribution in [1.29, 1.82) is 0 Å². The van der Waals surface area contributed by atoms with Gasteiger partial charge in [0.25, 0.3) is 0 Å². The van der Waals surface area contributed by atoms with Gasteiger partial charge in [0.2, 0.25) is 0 Å². The van der Waals surface area contributed by atoms with Crippen LogP contribution in [0.2, 0.25) is 0 Å². The molecule has 134 valence electrons. The number of likely N-dealkylation sites (N-methyl/N-ethyl adjacent to an activating group) is 1. The molecule has 0 radical (unpaired) electrons. The van der Waals surface area contributed by atoms with Gasteiger partial charge >= 0.3 is 6.03 Å². The fraction of sp³-hybridized carbons (Fsp3) is 0.632. The average molecular weight is 333 g/mol. The number of aliphatic hydroxyl groups is 1. The zero-order valence-corrected chi connectivity index (χ0v) is 14.9. The highest BCUT2D eigenvalue weighted by Crippen LogP contribution is 2.23. The van der Waals surface area contributed by atoms with Gasteiger partial charge in [0, 0.05) is 19.1 Å². The highest BCUT2D eigenvalue weighted by atomic mass is 16.3. The molecule has 0 bridgehead atoms. The summed E-state index contributed by atoms with van der Waals surface area (Å²) in [7, 11) is 4.08. The Hall–Kier alpha value is -1.59. The Morgan fingerprint density at radius 3 is 2.67 bits per heavy atom. The van der Waals surface area contributed by atoms with E-state index in [4.69, 9.17) is 0 Å². The minimum absolute atomic E-state index is 0.116. The molecule has 0 spiro atoms. The van der Waals surface area contributed by atoms with Crippen molar-refractivity contribution in [3.63, 3.8) is 0 Å². The Kier molecular flexibility index (Phi) is 7.53. The quantitative estimate of drug-likeness (QED) is 0.715. The smallest absolute Gasteiger partial charge is 0.314 e. The third kappa shape index (κ3) is 6.49. The normalized spacial score (nSPS) is 22.2. The SMILES string of the molecule is CN(C)C(CNC(=O)NCC1CCCC(O)C1)Cc1ccccc1. The number of hydrogen-bond donors (Lipinski definition) is 3. The number of benzene rings is 1. The van der Waals surface area contributed by atoms with E-state index in [1.807, 2.05) is 32.3 Å². The summed E-state index contributed by atoms with van der Waals surface area (Å²) < 4.78 is 0. The molecule has 3 unspecified atom stereocenters. The van der Waals surface area contributed by atoms with Crippen LogP contribution in [-0.4, -0.2) is 55.4 Å². The second kappa shape index (κ2) is 9.64. The van der Waals surface area contributed by atoms with Gasteiger partial charge in [-0.05, 0) is 51.3 Å². The molecule has 1 fully saturated rings. The van der Waals surface area contributed by atoms with Gasteiger partial charge in [0.1, 0.15) is 0 Å². The molecule has 0 heterocycles. The molecule has 1 aliphatic rings. The minimum atomic E-state index is -0.197. The molecule has 1 saturated carbocycles. The van der Waals surface area contributed by atoms with Crippen LogP contribution in [-0.2, 0) is 6.42 Å². The van der Waals surface area contributed by atoms with Crippen LogP contribution in [0.25, 0.3) is 0 Å². The fourth-order valence-corrected chi connectivity index (χ4v) is 3.28. The summed E-state index contributed by atoms with van der Waals surface area (Å²) in [5.74, 6) is 0.397. The molecule has 5 nitrogen and oxygen atoms in total. The maximum atomic E-state index is 12.0. The van der Waals surface area contributed by atoms with E-state index in [1.165, 1.54) is 5.56 Å². The lowest BCUT2D eigenvalue weighted by Crippen LogP contribution is -2.46. The average Bonchev–Trinajstić information content (AvgIpc) is 2.57. The van der Waals surface area contributed by atoms with E-state index >= 15 is 0 Å². The molecule has 0 aromatic heterocycles. The summed E-state index contributed by atoms with van der Waals surface area (Å²) in [5, 5.41) is 15.6. The number of carbonyl (C=O) groups is 1.